The first-order chi connectivity index (χ1) is 18.6. The Morgan fingerprint density at radius 2 is 1.97 bits per heavy atom. The fourth-order valence-corrected chi connectivity index (χ4v) is 4.51. The number of nitrogens with one attached hydrogen (secondary N) is 2. The van der Waals surface area contributed by atoms with Gasteiger partial charge in [-0.05, 0) is 43.7 Å². The summed E-state index contributed by atoms with van der Waals surface area (Å²) in [5.41, 5.74) is 10.7. The number of nitrogens with two attached hydrogens (primary N) is 1. The highest BCUT2D eigenvalue weighted by Crippen LogP contribution is 2.34. The van der Waals surface area contributed by atoms with Gasteiger partial charge in [0.05, 0.1) is 32.5 Å². The van der Waals surface area contributed by atoms with Crippen LogP contribution in [0.4, 0.5) is 5.69 Å². The molecular formula is C28H36N6O4. The minimum absolute atomic E-state index is 0.0867. The third kappa shape index (κ3) is 6.51. The summed E-state index contributed by atoms with van der Waals surface area (Å²) < 4.78 is 11.0. The highest BCUT2D eigenvalue weighted by molar-refractivity contribution is 6.04. The molecule has 1 unspecified atom stereocenters. The molecule has 38 heavy (non-hydrogen) atoms. The molecule has 0 bridgehead atoms. The fraction of sp³-hybridized carbons (Fsp3) is 0.393. The van der Waals surface area contributed by atoms with Crippen LogP contribution in [0.1, 0.15) is 35.3 Å². The molecule has 1 aromatic heterocycles. The van der Waals surface area contributed by atoms with Gasteiger partial charge in [-0.2, -0.15) is 0 Å². The molecule has 5 N–H and O–H groups in total. The third-order valence-corrected chi connectivity index (χ3v) is 6.52. The molecule has 0 radical (unpaired) electrons. The maximum absolute atomic E-state index is 12.5. The number of benzene rings is 1. The molecule has 10 heteroatoms. The number of hydrogen-bond acceptors (Lipinski definition) is 9. The molecular weight excluding hydrogens is 484 g/mol. The van der Waals surface area contributed by atoms with Crippen molar-refractivity contribution in [2.45, 2.75) is 25.3 Å². The number of allylic oxidation sites excluding steroid dienone is 2. The van der Waals surface area contributed by atoms with Crippen LogP contribution in [0.2, 0.25) is 0 Å². The van der Waals surface area contributed by atoms with E-state index in [2.05, 4.69) is 32.7 Å². The van der Waals surface area contributed by atoms with E-state index in [1.54, 1.807) is 26.5 Å². The standard InChI is InChI=1S/C28H36N6O4/c1-37-22-14-21(15-23(17-22)38-2)34(11-4-12-35)20-5-6-24-25(16-20)33-27(18-32-24)19-7-10-30-26(13-19)28(36)31-9-3-8-29/h5-7,10,13-15,17,25,32,35H,3-4,8-9,11-12,16,18,29H2,1-2H3,(H,31,36). The lowest BCUT2D eigenvalue weighted by Crippen LogP contribution is -2.38. The highest BCUT2D eigenvalue weighted by atomic mass is 16.5. The Labute approximate surface area is 223 Å². The number of pyridine rings is 1. The quantitative estimate of drug-likeness (QED) is 0.312. The minimum atomic E-state index is -0.221. The minimum Gasteiger partial charge on any atom is -0.497 e. The maximum atomic E-state index is 12.5. The van der Waals surface area contributed by atoms with E-state index in [-0.39, 0.29) is 18.6 Å². The molecule has 1 aliphatic carbocycles. The lowest BCUT2D eigenvalue weighted by molar-refractivity contribution is 0.0948. The SMILES string of the molecule is COc1cc(OC)cc(N(CCCO)C2=CC=C3NCC(c4ccnc(C(=O)NCCCN)c4)=NC3C2)c1. The van der Waals surface area contributed by atoms with Crippen molar-refractivity contribution in [1.29, 1.82) is 0 Å². The van der Waals surface area contributed by atoms with Crippen molar-refractivity contribution >= 4 is 17.3 Å². The van der Waals surface area contributed by atoms with Gasteiger partial charge in [0.25, 0.3) is 5.91 Å². The summed E-state index contributed by atoms with van der Waals surface area (Å²) in [5, 5.41) is 15.9. The predicted octanol–water partition coefficient (Wildman–Crippen LogP) is 2.00. The zero-order valence-electron chi connectivity index (χ0n) is 21.9. The Morgan fingerprint density at radius 3 is 2.68 bits per heavy atom. The van der Waals surface area contributed by atoms with Gasteiger partial charge in [-0.1, -0.05) is 0 Å². The second-order valence-electron chi connectivity index (χ2n) is 9.06. The van der Waals surface area contributed by atoms with Crippen LogP contribution >= 0.6 is 0 Å². The van der Waals surface area contributed by atoms with Crippen molar-refractivity contribution in [3.8, 4) is 11.5 Å². The number of aromatic nitrogens is 1. The van der Waals surface area contributed by atoms with E-state index in [9.17, 15) is 9.90 Å². The molecule has 1 atom stereocenters. The zero-order valence-corrected chi connectivity index (χ0v) is 21.9. The Kier molecular flexibility index (Phi) is 9.34. The van der Waals surface area contributed by atoms with Crippen LogP contribution in [0.3, 0.4) is 0 Å². The molecule has 2 aromatic rings. The second kappa shape index (κ2) is 13.1. The number of aliphatic imine (C=N–C) groups is 1. The summed E-state index contributed by atoms with van der Waals surface area (Å²) >= 11 is 0. The monoisotopic (exact) mass is 520 g/mol. The summed E-state index contributed by atoms with van der Waals surface area (Å²) in [6.07, 6.45) is 7.80. The molecule has 0 fully saturated rings. The predicted molar refractivity (Wildman–Crippen MR) is 148 cm³/mol. The Bertz CT molecular complexity index is 1200. The average Bonchev–Trinajstić information content (AvgIpc) is 2.96. The molecule has 1 amide bonds. The molecule has 0 spiro atoms. The molecule has 4 rings (SSSR count). The van der Waals surface area contributed by atoms with Gasteiger partial charge in [0.15, 0.2) is 0 Å². The number of carbonyl (C=O) groups excluding carboxylic acids is 1. The van der Waals surface area contributed by atoms with Gasteiger partial charge in [0.2, 0.25) is 0 Å². The topological polar surface area (TPSA) is 134 Å². The lowest BCUT2D eigenvalue weighted by Gasteiger charge is -2.34. The van der Waals surface area contributed by atoms with E-state index in [4.69, 9.17) is 20.2 Å². The van der Waals surface area contributed by atoms with Crippen molar-refractivity contribution in [2.75, 3.05) is 51.9 Å². The first-order valence-electron chi connectivity index (χ1n) is 12.8. The molecule has 1 aromatic carbocycles. The fourth-order valence-electron chi connectivity index (χ4n) is 4.51. The van der Waals surface area contributed by atoms with Crippen molar-refractivity contribution in [3.05, 3.63) is 71.3 Å². The van der Waals surface area contributed by atoms with Gasteiger partial charge >= 0.3 is 0 Å². The van der Waals surface area contributed by atoms with Crippen LogP contribution < -0.4 is 30.7 Å². The van der Waals surface area contributed by atoms with E-state index < -0.39 is 0 Å². The molecule has 0 saturated heterocycles. The number of methoxy groups -OCH3 is 2. The van der Waals surface area contributed by atoms with Crippen LogP contribution in [-0.2, 0) is 0 Å². The summed E-state index contributed by atoms with van der Waals surface area (Å²) in [6, 6.07) is 9.32. The van der Waals surface area contributed by atoms with Gasteiger partial charge in [-0.3, -0.25) is 14.8 Å². The van der Waals surface area contributed by atoms with Gasteiger partial charge in [-0.15, -0.1) is 0 Å². The van der Waals surface area contributed by atoms with Crippen molar-refractivity contribution in [1.82, 2.24) is 15.6 Å². The summed E-state index contributed by atoms with van der Waals surface area (Å²) in [6.45, 7) is 2.31. The number of rotatable bonds is 12. The number of carbonyl (C=O) groups is 1. The number of hydrogen-bond donors (Lipinski definition) is 4. The number of nitrogens with zero attached hydrogens (tertiary/aromatic N) is 3. The van der Waals surface area contributed by atoms with Crippen LogP contribution in [0.15, 0.2) is 65.1 Å². The van der Waals surface area contributed by atoms with Gasteiger partial charge < -0.3 is 35.8 Å². The van der Waals surface area contributed by atoms with Crippen molar-refractivity contribution in [2.24, 2.45) is 10.7 Å². The van der Waals surface area contributed by atoms with E-state index in [1.807, 2.05) is 24.3 Å². The number of aliphatic hydroxyl groups is 1. The van der Waals surface area contributed by atoms with E-state index in [1.165, 1.54) is 0 Å². The molecule has 0 saturated carbocycles. The zero-order chi connectivity index (χ0) is 26.9. The van der Waals surface area contributed by atoms with Crippen molar-refractivity contribution in [3.63, 3.8) is 0 Å². The number of anilines is 1. The highest BCUT2D eigenvalue weighted by Gasteiger charge is 2.27. The van der Waals surface area contributed by atoms with Gasteiger partial charge in [0, 0.05) is 73.2 Å². The van der Waals surface area contributed by atoms with E-state index >= 15 is 0 Å². The summed E-state index contributed by atoms with van der Waals surface area (Å²) in [5.74, 6) is 1.17. The Hall–Kier alpha value is -3.89. The third-order valence-electron chi connectivity index (χ3n) is 6.52. The molecule has 10 nitrogen and oxygen atoms in total. The van der Waals surface area contributed by atoms with Crippen LogP contribution in [0.25, 0.3) is 0 Å². The number of aliphatic hydroxyl groups excluding tert-OH is 1. The van der Waals surface area contributed by atoms with Crippen molar-refractivity contribution < 1.29 is 19.4 Å². The normalized spacial score (nSPS) is 16.3. The maximum Gasteiger partial charge on any atom is 0.269 e. The molecule has 202 valence electrons. The second-order valence-corrected chi connectivity index (χ2v) is 9.06. The first kappa shape index (κ1) is 27.2. The summed E-state index contributed by atoms with van der Waals surface area (Å²) in [7, 11) is 3.26. The van der Waals surface area contributed by atoms with E-state index in [0.29, 0.717) is 62.6 Å². The number of amides is 1. The molecule has 2 aliphatic rings. The smallest absolute Gasteiger partial charge is 0.269 e. The Balaban J connectivity index is 1.57. The number of ether oxygens (including phenoxy) is 2. The van der Waals surface area contributed by atoms with Crippen LogP contribution in [-0.4, -0.2) is 74.8 Å². The molecule has 2 heterocycles. The van der Waals surface area contributed by atoms with Crippen LogP contribution in [0.5, 0.6) is 11.5 Å². The van der Waals surface area contributed by atoms with E-state index in [0.717, 1.165) is 28.4 Å². The van der Waals surface area contributed by atoms with Crippen LogP contribution in [0, 0.1) is 0 Å². The lowest BCUT2D eigenvalue weighted by atomic mass is 9.97. The van der Waals surface area contributed by atoms with Gasteiger partial charge in [0.1, 0.15) is 17.2 Å². The number of fused-ring (bicyclic) bond motifs is 1. The largest absolute Gasteiger partial charge is 0.497 e. The summed E-state index contributed by atoms with van der Waals surface area (Å²) in [4.78, 5) is 24.0. The molecule has 1 aliphatic heterocycles. The first-order valence-corrected chi connectivity index (χ1v) is 12.8. The van der Waals surface area contributed by atoms with Gasteiger partial charge in [-0.25, -0.2) is 0 Å². The Morgan fingerprint density at radius 1 is 1.18 bits per heavy atom. The average molecular weight is 521 g/mol.